The molecule has 0 saturated carbocycles. The second-order valence-corrected chi connectivity index (χ2v) is 7.21. The molecule has 0 atom stereocenters. The van der Waals surface area contributed by atoms with E-state index in [4.69, 9.17) is 9.31 Å². The second-order valence-electron chi connectivity index (χ2n) is 7.21. The van der Waals surface area contributed by atoms with Gasteiger partial charge in [-0.3, -0.25) is 0 Å². The first-order chi connectivity index (χ1) is 10.8. The molecule has 0 aliphatic carbocycles. The summed E-state index contributed by atoms with van der Waals surface area (Å²) < 4.78 is 14.3. The van der Waals surface area contributed by atoms with Gasteiger partial charge in [0.1, 0.15) is 0 Å². The van der Waals surface area contributed by atoms with Crippen molar-refractivity contribution in [3.8, 4) is 11.3 Å². The number of aromatic nitrogens is 2. The van der Waals surface area contributed by atoms with Crippen molar-refractivity contribution < 1.29 is 9.31 Å². The largest absolute Gasteiger partial charge is 0.494 e. The van der Waals surface area contributed by atoms with Crippen LogP contribution in [0.3, 0.4) is 0 Å². The monoisotopic (exact) mass is 312 g/mol. The Hall–Kier alpha value is -1.59. The maximum absolute atomic E-state index is 6.09. The third-order valence-electron chi connectivity index (χ3n) is 4.85. The maximum Gasteiger partial charge on any atom is 0.494 e. The van der Waals surface area contributed by atoms with Crippen molar-refractivity contribution in [3.05, 3.63) is 36.8 Å². The molecule has 1 aliphatic heterocycles. The number of aryl methyl sites for hydroxylation is 1. The summed E-state index contributed by atoms with van der Waals surface area (Å²) in [5, 5.41) is 0. The van der Waals surface area contributed by atoms with Gasteiger partial charge < -0.3 is 13.9 Å². The van der Waals surface area contributed by atoms with Crippen LogP contribution in [-0.2, 0) is 15.9 Å². The molecule has 122 valence electrons. The van der Waals surface area contributed by atoms with Gasteiger partial charge in [0, 0.05) is 18.3 Å². The molecule has 3 rings (SSSR count). The van der Waals surface area contributed by atoms with Gasteiger partial charge in [-0.2, -0.15) is 0 Å². The Morgan fingerprint density at radius 3 is 2.22 bits per heavy atom. The molecule has 1 aromatic carbocycles. The van der Waals surface area contributed by atoms with Gasteiger partial charge in [0.2, 0.25) is 0 Å². The minimum absolute atomic E-state index is 0.310. The van der Waals surface area contributed by atoms with E-state index in [0.717, 1.165) is 29.7 Å². The zero-order valence-corrected chi connectivity index (χ0v) is 14.7. The maximum atomic E-state index is 6.09. The standard InChI is InChI=1S/C18H25BN2O2/c1-6-11-21-12-16(20-13-21)14-7-9-15(10-8-14)19-22-17(2,3)18(4,5)23-19/h7-10,12-13H,6,11H2,1-5H3. The van der Waals surface area contributed by atoms with E-state index in [9.17, 15) is 0 Å². The van der Waals surface area contributed by atoms with Crippen LogP contribution in [0, 0.1) is 0 Å². The zero-order valence-electron chi connectivity index (χ0n) is 14.7. The summed E-state index contributed by atoms with van der Waals surface area (Å²) in [6.45, 7) is 11.4. The number of rotatable bonds is 4. The number of hydrogen-bond acceptors (Lipinski definition) is 3. The Balaban J connectivity index is 1.77. The molecule has 0 unspecified atom stereocenters. The SMILES string of the molecule is CCCn1cnc(-c2ccc(B3OC(C)(C)C(C)(C)O3)cc2)c1. The van der Waals surface area contributed by atoms with Crippen molar-refractivity contribution in [1.29, 1.82) is 0 Å². The molecule has 1 fully saturated rings. The minimum atomic E-state index is -0.313. The number of benzene rings is 1. The molecule has 1 saturated heterocycles. The predicted octanol–water partition coefficient (Wildman–Crippen LogP) is 3.26. The molecule has 1 aromatic heterocycles. The predicted molar refractivity (Wildman–Crippen MR) is 93.7 cm³/mol. The third kappa shape index (κ3) is 3.08. The highest BCUT2D eigenvalue weighted by Crippen LogP contribution is 2.36. The van der Waals surface area contributed by atoms with Crippen LogP contribution in [-0.4, -0.2) is 27.9 Å². The average molecular weight is 312 g/mol. The van der Waals surface area contributed by atoms with Crippen molar-refractivity contribution in [1.82, 2.24) is 9.55 Å². The molecule has 23 heavy (non-hydrogen) atoms. The van der Waals surface area contributed by atoms with Gasteiger partial charge in [-0.15, -0.1) is 0 Å². The van der Waals surface area contributed by atoms with Gasteiger partial charge >= 0.3 is 7.12 Å². The normalized spacial score (nSPS) is 19.3. The van der Waals surface area contributed by atoms with E-state index in [2.05, 4.69) is 74.6 Å². The molecule has 0 N–H and O–H groups in total. The Kier molecular flexibility index (Phi) is 4.11. The molecule has 5 heteroatoms. The van der Waals surface area contributed by atoms with Gasteiger partial charge in [0.05, 0.1) is 23.2 Å². The number of nitrogens with zero attached hydrogens (tertiary/aromatic N) is 2. The Labute approximate surface area is 139 Å². The third-order valence-corrected chi connectivity index (χ3v) is 4.85. The van der Waals surface area contributed by atoms with Crippen LogP contribution in [0.15, 0.2) is 36.8 Å². The fourth-order valence-corrected chi connectivity index (χ4v) is 2.68. The van der Waals surface area contributed by atoms with Crippen LogP contribution < -0.4 is 5.46 Å². The van der Waals surface area contributed by atoms with E-state index in [-0.39, 0.29) is 18.3 Å². The van der Waals surface area contributed by atoms with Gasteiger partial charge in [0.25, 0.3) is 0 Å². The lowest BCUT2D eigenvalue weighted by Crippen LogP contribution is -2.41. The molecule has 0 spiro atoms. The summed E-state index contributed by atoms with van der Waals surface area (Å²) in [5.41, 5.74) is 2.53. The summed E-state index contributed by atoms with van der Waals surface area (Å²) in [4.78, 5) is 4.48. The fraction of sp³-hybridized carbons (Fsp3) is 0.500. The highest BCUT2D eigenvalue weighted by atomic mass is 16.7. The highest BCUT2D eigenvalue weighted by Gasteiger charge is 2.51. The first-order valence-corrected chi connectivity index (χ1v) is 8.30. The number of imidazole rings is 1. The summed E-state index contributed by atoms with van der Waals surface area (Å²) in [5.74, 6) is 0. The first-order valence-electron chi connectivity index (χ1n) is 8.30. The van der Waals surface area contributed by atoms with Gasteiger partial charge in [0.15, 0.2) is 0 Å². The van der Waals surface area contributed by atoms with E-state index in [0.29, 0.717) is 0 Å². The van der Waals surface area contributed by atoms with Crippen LogP contribution in [0.2, 0.25) is 0 Å². The van der Waals surface area contributed by atoms with Crippen LogP contribution in [0.4, 0.5) is 0 Å². The highest BCUT2D eigenvalue weighted by molar-refractivity contribution is 6.62. The van der Waals surface area contributed by atoms with Crippen LogP contribution in [0.1, 0.15) is 41.0 Å². The molecular weight excluding hydrogens is 287 g/mol. The molecule has 0 radical (unpaired) electrons. The summed E-state index contributed by atoms with van der Waals surface area (Å²) in [7, 11) is -0.313. The molecule has 2 aromatic rings. The van der Waals surface area contributed by atoms with Crippen molar-refractivity contribution in [2.45, 2.75) is 58.8 Å². The summed E-state index contributed by atoms with van der Waals surface area (Å²) >= 11 is 0. The van der Waals surface area contributed by atoms with Crippen molar-refractivity contribution in [2.24, 2.45) is 0 Å². The smallest absolute Gasteiger partial charge is 0.399 e. The molecule has 4 nitrogen and oxygen atoms in total. The zero-order chi connectivity index (χ0) is 16.7. The summed E-state index contributed by atoms with van der Waals surface area (Å²) in [6, 6.07) is 8.30. The van der Waals surface area contributed by atoms with E-state index >= 15 is 0 Å². The molecule has 1 aliphatic rings. The fourth-order valence-electron chi connectivity index (χ4n) is 2.68. The average Bonchev–Trinajstić information content (AvgIpc) is 3.03. The lowest BCUT2D eigenvalue weighted by Gasteiger charge is -2.32. The van der Waals surface area contributed by atoms with E-state index in [1.807, 2.05) is 6.33 Å². The van der Waals surface area contributed by atoms with E-state index < -0.39 is 0 Å². The molecule has 0 amide bonds. The lowest BCUT2D eigenvalue weighted by molar-refractivity contribution is 0.00578. The van der Waals surface area contributed by atoms with Crippen molar-refractivity contribution in [2.75, 3.05) is 0 Å². The topological polar surface area (TPSA) is 36.3 Å². The van der Waals surface area contributed by atoms with Crippen LogP contribution in [0.25, 0.3) is 11.3 Å². The van der Waals surface area contributed by atoms with Crippen LogP contribution >= 0.6 is 0 Å². The molecule has 2 heterocycles. The first kappa shape index (κ1) is 16.3. The van der Waals surface area contributed by atoms with Crippen molar-refractivity contribution >= 4 is 12.6 Å². The molecular formula is C18H25BN2O2. The van der Waals surface area contributed by atoms with Gasteiger partial charge in [-0.05, 0) is 39.6 Å². The molecule has 0 bridgehead atoms. The van der Waals surface area contributed by atoms with E-state index in [1.165, 1.54) is 0 Å². The second kappa shape index (κ2) is 5.80. The van der Waals surface area contributed by atoms with Gasteiger partial charge in [-0.1, -0.05) is 31.2 Å². The quantitative estimate of drug-likeness (QED) is 0.813. The minimum Gasteiger partial charge on any atom is -0.399 e. The van der Waals surface area contributed by atoms with Gasteiger partial charge in [-0.25, -0.2) is 4.98 Å². The Bertz CT molecular complexity index is 661. The Morgan fingerprint density at radius 1 is 1.04 bits per heavy atom. The number of hydrogen-bond donors (Lipinski definition) is 0. The van der Waals surface area contributed by atoms with E-state index in [1.54, 1.807) is 0 Å². The Morgan fingerprint density at radius 2 is 1.65 bits per heavy atom. The van der Waals surface area contributed by atoms with Crippen LogP contribution in [0.5, 0.6) is 0 Å². The summed E-state index contributed by atoms with van der Waals surface area (Å²) in [6.07, 6.45) is 5.09. The van der Waals surface area contributed by atoms with Crippen molar-refractivity contribution in [3.63, 3.8) is 0 Å². The lowest BCUT2D eigenvalue weighted by atomic mass is 9.79.